The third-order valence-corrected chi connectivity index (χ3v) is 3.25. The Kier molecular flexibility index (Phi) is 4.30. The van der Waals surface area contributed by atoms with Gasteiger partial charge in [0.15, 0.2) is 0 Å². The first-order valence-electron chi connectivity index (χ1n) is 5.58. The lowest BCUT2D eigenvalue weighted by molar-refractivity contribution is 0.596. The van der Waals surface area contributed by atoms with Crippen molar-refractivity contribution in [1.82, 2.24) is 0 Å². The minimum Gasteiger partial charge on any atom is -0.379 e. The predicted octanol–water partition coefficient (Wildman–Crippen LogP) is 4.35. The smallest absolute Gasteiger partial charge is 0.147 e. The molecule has 0 saturated carbocycles. The van der Waals surface area contributed by atoms with Crippen molar-refractivity contribution in [3.8, 4) is 6.07 Å². The van der Waals surface area contributed by atoms with E-state index in [-0.39, 0.29) is 22.3 Å². The normalized spacial score (nSPS) is 10.2. The molecule has 0 unspecified atom stereocenters. The largest absolute Gasteiger partial charge is 0.379 e. The van der Waals surface area contributed by atoms with Crippen LogP contribution < -0.4 is 5.32 Å². The summed E-state index contributed by atoms with van der Waals surface area (Å²) in [6, 6.07) is 7.74. The van der Waals surface area contributed by atoms with E-state index in [9.17, 15) is 13.2 Å². The maximum atomic E-state index is 13.6. The van der Waals surface area contributed by atoms with Crippen LogP contribution in [0.2, 0.25) is 0 Å². The summed E-state index contributed by atoms with van der Waals surface area (Å²) < 4.78 is 40.1. The molecule has 0 amide bonds. The molecular formula is C14H8BrF3N2. The molecule has 2 aromatic rings. The van der Waals surface area contributed by atoms with Gasteiger partial charge in [0.05, 0.1) is 15.7 Å². The van der Waals surface area contributed by atoms with Crippen molar-refractivity contribution in [3.63, 3.8) is 0 Å². The standard InChI is InChI=1S/C14H8BrF3N2/c15-10-4-13(18)14(5-12(10)17)20-7-8-1-2-11(16)9(3-8)6-19/h1-5,20H,7H2. The van der Waals surface area contributed by atoms with Crippen LogP contribution in [0.25, 0.3) is 0 Å². The van der Waals surface area contributed by atoms with Gasteiger partial charge in [-0.2, -0.15) is 5.26 Å². The Bertz CT molecular complexity index is 696. The maximum absolute atomic E-state index is 13.6. The zero-order valence-electron chi connectivity index (χ0n) is 10.1. The maximum Gasteiger partial charge on any atom is 0.147 e. The summed E-state index contributed by atoms with van der Waals surface area (Å²) in [5.74, 6) is -1.82. The molecule has 2 rings (SSSR count). The van der Waals surface area contributed by atoms with Crippen molar-refractivity contribution in [3.05, 3.63) is 63.4 Å². The van der Waals surface area contributed by atoms with Gasteiger partial charge in [-0.1, -0.05) is 6.07 Å². The Morgan fingerprint density at radius 1 is 1.05 bits per heavy atom. The van der Waals surface area contributed by atoms with Gasteiger partial charge < -0.3 is 5.32 Å². The fourth-order valence-electron chi connectivity index (χ4n) is 1.62. The van der Waals surface area contributed by atoms with Crippen LogP contribution in [0.5, 0.6) is 0 Å². The van der Waals surface area contributed by atoms with Crippen molar-refractivity contribution in [2.45, 2.75) is 6.54 Å². The van der Waals surface area contributed by atoms with Gasteiger partial charge in [-0.25, -0.2) is 13.2 Å². The Morgan fingerprint density at radius 3 is 2.50 bits per heavy atom. The highest BCUT2D eigenvalue weighted by molar-refractivity contribution is 9.10. The monoisotopic (exact) mass is 340 g/mol. The molecule has 0 heterocycles. The van der Waals surface area contributed by atoms with Gasteiger partial charge in [0.2, 0.25) is 0 Å². The number of anilines is 1. The van der Waals surface area contributed by atoms with Crippen LogP contribution in [0.3, 0.4) is 0 Å². The summed E-state index contributed by atoms with van der Waals surface area (Å²) in [6.07, 6.45) is 0. The molecule has 102 valence electrons. The van der Waals surface area contributed by atoms with Gasteiger partial charge in [-0.15, -0.1) is 0 Å². The lowest BCUT2D eigenvalue weighted by atomic mass is 10.1. The van der Waals surface area contributed by atoms with Crippen molar-refractivity contribution in [2.75, 3.05) is 5.32 Å². The molecule has 6 heteroatoms. The number of rotatable bonds is 3. The van der Waals surface area contributed by atoms with Crippen molar-refractivity contribution < 1.29 is 13.2 Å². The van der Waals surface area contributed by atoms with Crippen LogP contribution in [0, 0.1) is 28.8 Å². The first-order chi connectivity index (χ1) is 9.51. The molecule has 0 bridgehead atoms. The van der Waals surface area contributed by atoms with Crippen LogP contribution in [-0.4, -0.2) is 0 Å². The minimum absolute atomic E-state index is 0.00599. The molecule has 0 aromatic heterocycles. The van der Waals surface area contributed by atoms with E-state index in [1.807, 2.05) is 0 Å². The summed E-state index contributed by atoms with van der Waals surface area (Å²) in [4.78, 5) is 0. The van der Waals surface area contributed by atoms with E-state index in [0.717, 1.165) is 18.2 Å². The number of halogens is 4. The number of benzene rings is 2. The summed E-state index contributed by atoms with van der Waals surface area (Å²) in [5, 5.41) is 11.4. The molecule has 0 radical (unpaired) electrons. The fraction of sp³-hybridized carbons (Fsp3) is 0.0714. The number of nitrogens with zero attached hydrogens (tertiary/aromatic N) is 1. The highest BCUT2D eigenvalue weighted by Crippen LogP contribution is 2.24. The Morgan fingerprint density at radius 2 is 1.80 bits per heavy atom. The van der Waals surface area contributed by atoms with E-state index >= 15 is 0 Å². The van der Waals surface area contributed by atoms with Crippen molar-refractivity contribution in [1.29, 1.82) is 5.26 Å². The van der Waals surface area contributed by atoms with E-state index in [4.69, 9.17) is 5.26 Å². The van der Waals surface area contributed by atoms with E-state index in [2.05, 4.69) is 21.2 Å². The zero-order valence-corrected chi connectivity index (χ0v) is 11.6. The van der Waals surface area contributed by atoms with E-state index in [0.29, 0.717) is 5.56 Å². The van der Waals surface area contributed by atoms with Gasteiger partial charge >= 0.3 is 0 Å². The zero-order chi connectivity index (χ0) is 14.7. The van der Waals surface area contributed by atoms with Crippen LogP contribution in [-0.2, 0) is 6.54 Å². The van der Waals surface area contributed by atoms with Gasteiger partial charge in [0, 0.05) is 12.6 Å². The van der Waals surface area contributed by atoms with Crippen LogP contribution in [0.1, 0.15) is 11.1 Å². The van der Waals surface area contributed by atoms with Gasteiger partial charge in [0.25, 0.3) is 0 Å². The average Bonchev–Trinajstić information content (AvgIpc) is 2.43. The summed E-state index contributed by atoms with van der Waals surface area (Å²) in [7, 11) is 0. The first kappa shape index (κ1) is 14.4. The summed E-state index contributed by atoms with van der Waals surface area (Å²) >= 11 is 2.88. The number of hydrogen-bond acceptors (Lipinski definition) is 2. The lowest BCUT2D eigenvalue weighted by Crippen LogP contribution is -2.03. The highest BCUT2D eigenvalue weighted by Gasteiger charge is 2.08. The Labute approximate surface area is 122 Å². The summed E-state index contributed by atoms with van der Waals surface area (Å²) in [5.41, 5.74) is 0.492. The minimum atomic E-state index is -0.614. The molecular weight excluding hydrogens is 333 g/mol. The second-order valence-electron chi connectivity index (χ2n) is 4.03. The fourth-order valence-corrected chi connectivity index (χ4v) is 1.94. The van der Waals surface area contributed by atoms with Gasteiger partial charge in [-0.3, -0.25) is 0 Å². The Hall–Kier alpha value is -2.00. The molecule has 0 spiro atoms. The second-order valence-corrected chi connectivity index (χ2v) is 4.88. The van der Waals surface area contributed by atoms with E-state index < -0.39 is 17.5 Å². The molecule has 0 atom stereocenters. The number of nitrogens with one attached hydrogen (secondary N) is 1. The van der Waals surface area contributed by atoms with Crippen molar-refractivity contribution in [2.24, 2.45) is 0 Å². The molecule has 2 aromatic carbocycles. The number of hydrogen-bond donors (Lipinski definition) is 1. The van der Waals surface area contributed by atoms with Crippen LogP contribution >= 0.6 is 15.9 Å². The predicted molar refractivity (Wildman–Crippen MR) is 72.5 cm³/mol. The molecule has 1 N–H and O–H groups in total. The first-order valence-corrected chi connectivity index (χ1v) is 6.37. The molecule has 20 heavy (non-hydrogen) atoms. The van der Waals surface area contributed by atoms with Gasteiger partial charge in [-0.05, 0) is 39.7 Å². The van der Waals surface area contributed by atoms with E-state index in [1.54, 1.807) is 6.07 Å². The quantitative estimate of drug-likeness (QED) is 0.843. The summed E-state index contributed by atoms with van der Waals surface area (Å²) in [6.45, 7) is 0.146. The lowest BCUT2D eigenvalue weighted by Gasteiger charge is -2.09. The molecule has 0 saturated heterocycles. The van der Waals surface area contributed by atoms with E-state index in [1.165, 1.54) is 12.1 Å². The third kappa shape index (κ3) is 3.11. The Balaban J connectivity index is 2.17. The van der Waals surface area contributed by atoms with Crippen molar-refractivity contribution >= 4 is 21.6 Å². The highest BCUT2D eigenvalue weighted by atomic mass is 79.9. The molecule has 0 aliphatic rings. The molecule has 2 nitrogen and oxygen atoms in total. The average molecular weight is 341 g/mol. The molecule has 0 aliphatic heterocycles. The molecule has 0 fully saturated rings. The third-order valence-electron chi connectivity index (χ3n) is 2.64. The SMILES string of the molecule is N#Cc1cc(CNc2cc(F)c(Br)cc2F)ccc1F. The van der Waals surface area contributed by atoms with Crippen LogP contribution in [0.4, 0.5) is 18.9 Å². The van der Waals surface area contributed by atoms with Gasteiger partial charge in [0.1, 0.15) is 23.5 Å². The topological polar surface area (TPSA) is 35.8 Å². The van der Waals surface area contributed by atoms with Crippen LogP contribution in [0.15, 0.2) is 34.8 Å². The number of nitriles is 1. The molecule has 0 aliphatic carbocycles. The second kappa shape index (κ2) is 5.97.